The number of ether oxygens (including phenoxy) is 1. The second kappa shape index (κ2) is 7.19. The van der Waals surface area contributed by atoms with Gasteiger partial charge in [0, 0.05) is 25.2 Å². The van der Waals surface area contributed by atoms with Gasteiger partial charge in [-0.1, -0.05) is 17.7 Å². The van der Waals surface area contributed by atoms with Crippen LogP contribution in [0, 0.1) is 0 Å². The van der Waals surface area contributed by atoms with Crippen LogP contribution in [0.5, 0.6) is 0 Å². The number of halogens is 1. The Balaban J connectivity index is 2.31. The molecule has 118 valence electrons. The third kappa shape index (κ3) is 3.34. The summed E-state index contributed by atoms with van der Waals surface area (Å²) in [5.41, 5.74) is -0.209. The number of methoxy groups -OCH3 is 1. The number of nitrogens with zero attached hydrogens (tertiary/aromatic N) is 5. The van der Waals surface area contributed by atoms with Crippen LogP contribution >= 0.6 is 11.6 Å². The van der Waals surface area contributed by atoms with E-state index >= 15 is 0 Å². The van der Waals surface area contributed by atoms with Crippen LogP contribution in [-0.2, 0) is 4.74 Å². The van der Waals surface area contributed by atoms with Crippen molar-refractivity contribution < 1.29 is 9.53 Å². The topological polar surface area (TPSA) is 82.2 Å². The summed E-state index contributed by atoms with van der Waals surface area (Å²) in [5.74, 6) is 0. The van der Waals surface area contributed by atoms with Gasteiger partial charge in [-0.25, -0.2) is 9.59 Å². The molecule has 0 bridgehead atoms. The van der Waals surface area contributed by atoms with Gasteiger partial charge in [0.25, 0.3) is 0 Å². The maximum absolute atomic E-state index is 12.3. The zero-order chi connectivity index (χ0) is 16.1. The number of benzene rings is 1. The second-order valence-electron chi connectivity index (χ2n) is 4.42. The highest BCUT2D eigenvalue weighted by Crippen LogP contribution is 2.12. The minimum Gasteiger partial charge on any atom is -0.383 e. The second-order valence-corrected chi connectivity index (χ2v) is 4.86. The minimum atomic E-state index is -0.650. The normalized spacial score (nSPS) is 10.7. The predicted molar refractivity (Wildman–Crippen MR) is 80.5 cm³/mol. The number of amides is 1. The van der Waals surface area contributed by atoms with Gasteiger partial charge in [-0.05, 0) is 35.5 Å². The maximum Gasteiger partial charge on any atom is 0.377 e. The van der Waals surface area contributed by atoms with Gasteiger partial charge in [0.05, 0.1) is 12.3 Å². The van der Waals surface area contributed by atoms with Crippen molar-refractivity contribution in [2.24, 2.45) is 0 Å². The first-order chi connectivity index (χ1) is 10.6. The number of tetrazole rings is 1. The third-order valence-corrected chi connectivity index (χ3v) is 3.27. The molecule has 0 aliphatic rings. The van der Waals surface area contributed by atoms with Crippen molar-refractivity contribution in [1.29, 1.82) is 0 Å². The van der Waals surface area contributed by atoms with E-state index in [1.165, 1.54) is 4.90 Å². The Morgan fingerprint density at radius 3 is 2.82 bits per heavy atom. The van der Waals surface area contributed by atoms with Crippen molar-refractivity contribution in [3.63, 3.8) is 0 Å². The lowest BCUT2D eigenvalue weighted by atomic mass is 10.3. The van der Waals surface area contributed by atoms with Crippen molar-refractivity contribution in [1.82, 2.24) is 24.7 Å². The van der Waals surface area contributed by atoms with Gasteiger partial charge >= 0.3 is 11.7 Å². The summed E-state index contributed by atoms with van der Waals surface area (Å²) >= 11 is 5.89. The summed E-state index contributed by atoms with van der Waals surface area (Å²) in [7, 11) is 1.54. The van der Waals surface area contributed by atoms with E-state index in [4.69, 9.17) is 16.3 Å². The summed E-state index contributed by atoms with van der Waals surface area (Å²) in [6.07, 6.45) is 0. The zero-order valence-corrected chi connectivity index (χ0v) is 13.0. The molecule has 2 rings (SSSR count). The lowest BCUT2D eigenvalue weighted by molar-refractivity contribution is 0.150. The van der Waals surface area contributed by atoms with Gasteiger partial charge in [-0.15, -0.1) is 4.68 Å². The molecule has 0 saturated heterocycles. The van der Waals surface area contributed by atoms with Gasteiger partial charge in [-0.2, -0.15) is 4.68 Å². The van der Waals surface area contributed by atoms with E-state index in [2.05, 4.69) is 10.4 Å². The van der Waals surface area contributed by atoms with Crippen LogP contribution in [0.25, 0.3) is 5.69 Å². The molecule has 1 amide bonds. The molecule has 0 aliphatic heterocycles. The van der Waals surface area contributed by atoms with E-state index in [-0.39, 0.29) is 0 Å². The zero-order valence-electron chi connectivity index (χ0n) is 12.3. The van der Waals surface area contributed by atoms with Gasteiger partial charge in [-0.3, -0.25) is 0 Å². The number of carbonyl (C=O) groups excluding carboxylic acids is 1. The van der Waals surface area contributed by atoms with Crippen LogP contribution in [0.2, 0.25) is 5.02 Å². The fourth-order valence-electron chi connectivity index (χ4n) is 1.86. The highest BCUT2D eigenvalue weighted by Gasteiger charge is 2.20. The van der Waals surface area contributed by atoms with Crippen molar-refractivity contribution >= 4 is 17.6 Å². The molecule has 0 spiro atoms. The van der Waals surface area contributed by atoms with Gasteiger partial charge in [0.15, 0.2) is 0 Å². The molecule has 0 unspecified atom stereocenters. The molecular weight excluding hydrogens is 310 g/mol. The van der Waals surface area contributed by atoms with Gasteiger partial charge < -0.3 is 9.64 Å². The molecule has 1 heterocycles. The van der Waals surface area contributed by atoms with E-state index in [1.807, 2.05) is 0 Å². The summed E-state index contributed by atoms with van der Waals surface area (Å²) in [6, 6.07) is 6.03. The van der Waals surface area contributed by atoms with E-state index in [1.54, 1.807) is 38.3 Å². The highest BCUT2D eigenvalue weighted by molar-refractivity contribution is 6.30. The molecule has 0 saturated carbocycles. The maximum atomic E-state index is 12.3. The average Bonchev–Trinajstić information content (AvgIpc) is 2.89. The van der Waals surface area contributed by atoms with Crippen LogP contribution < -0.4 is 5.69 Å². The van der Waals surface area contributed by atoms with Crippen LogP contribution in [0.4, 0.5) is 4.79 Å². The quantitative estimate of drug-likeness (QED) is 0.766. The number of carbonyl (C=O) groups is 1. The van der Waals surface area contributed by atoms with Crippen molar-refractivity contribution in [2.75, 3.05) is 26.8 Å². The summed E-state index contributed by atoms with van der Waals surface area (Å²) in [4.78, 5) is 26.0. The Labute approximate surface area is 131 Å². The van der Waals surface area contributed by atoms with Crippen molar-refractivity contribution in [3.8, 4) is 5.69 Å². The van der Waals surface area contributed by atoms with Gasteiger partial charge in [0.2, 0.25) is 0 Å². The summed E-state index contributed by atoms with van der Waals surface area (Å²) < 4.78 is 6.69. The average molecular weight is 326 g/mol. The van der Waals surface area contributed by atoms with E-state index in [9.17, 15) is 9.59 Å². The first-order valence-corrected chi connectivity index (χ1v) is 7.05. The minimum absolute atomic E-state index is 0.363. The Bertz CT molecular complexity index is 712. The fraction of sp³-hybridized carbons (Fsp3) is 0.385. The molecule has 0 fully saturated rings. The van der Waals surface area contributed by atoms with Gasteiger partial charge in [0.1, 0.15) is 0 Å². The Kier molecular flexibility index (Phi) is 5.29. The van der Waals surface area contributed by atoms with Crippen LogP contribution in [0.15, 0.2) is 29.1 Å². The van der Waals surface area contributed by atoms with Crippen molar-refractivity contribution in [2.45, 2.75) is 6.92 Å². The number of hydrogen-bond donors (Lipinski definition) is 0. The molecular formula is C13H16ClN5O3. The number of likely N-dealkylation sites (N-methyl/N-ethyl adjacent to an activating group) is 1. The molecule has 22 heavy (non-hydrogen) atoms. The number of aromatic nitrogens is 4. The number of hydrogen-bond acceptors (Lipinski definition) is 5. The molecule has 8 nitrogen and oxygen atoms in total. The molecule has 2 aromatic rings. The lowest BCUT2D eigenvalue weighted by Gasteiger charge is -2.18. The Morgan fingerprint density at radius 1 is 1.41 bits per heavy atom. The molecule has 0 aliphatic carbocycles. The van der Waals surface area contributed by atoms with Crippen LogP contribution in [0.1, 0.15) is 6.92 Å². The standard InChI is InChI=1S/C13H16ClN5O3/c1-3-17(7-8-22-2)12(20)19-13(21)18(15-16-19)11-6-4-5-10(14)9-11/h4-6,9H,3,7-8H2,1-2H3. The van der Waals surface area contributed by atoms with E-state index in [0.717, 1.165) is 9.36 Å². The lowest BCUT2D eigenvalue weighted by Crippen LogP contribution is -2.42. The molecule has 0 radical (unpaired) electrons. The third-order valence-electron chi connectivity index (χ3n) is 3.03. The Morgan fingerprint density at radius 2 is 2.18 bits per heavy atom. The number of rotatable bonds is 5. The SMILES string of the molecule is CCN(CCOC)C(=O)n1nnn(-c2cccc(Cl)c2)c1=O. The highest BCUT2D eigenvalue weighted by atomic mass is 35.5. The first-order valence-electron chi connectivity index (χ1n) is 6.67. The van der Waals surface area contributed by atoms with Crippen molar-refractivity contribution in [3.05, 3.63) is 39.8 Å². The molecule has 1 aromatic heterocycles. The molecule has 0 atom stereocenters. The van der Waals surface area contributed by atoms with Crippen LogP contribution in [0.3, 0.4) is 0 Å². The molecule has 1 aromatic carbocycles. The van der Waals surface area contributed by atoms with Crippen LogP contribution in [-0.4, -0.2) is 57.5 Å². The summed E-state index contributed by atoms with van der Waals surface area (Å²) in [6.45, 7) is 2.97. The Hall–Kier alpha value is -2.19. The smallest absolute Gasteiger partial charge is 0.377 e. The van der Waals surface area contributed by atoms with E-state index < -0.39 is 11.7 Å². The largest absolute Gasteiger partial charge is 0.383 e. The molecule has 0 N–H and O–H groups in total. The van der Waals surface area contributed by atoms with E-state index in [0.29, 0.717) is 30.4 Å². The molecule has 9 heteroatoms. The monoisotopic (exact) mass is 325 g/mol. The first kappa shape index (κ1) is 16.2. The predicted octanol–water partition coefficient (Wildman–Crippen LogP) is 1.02. The fourth-order valence-corrected chi connectivity index (χ4v) is 2.05. The summed E-state index contributed by atoms with van der Waals surface area (Å²) in [5, 5.41) is 7.82.